The number of aromatic nitrogens is 1. The van der Waals surface area contributed by atoms with Gasteiger partial charge in [-0.1, -0.05) is 29.5 Å². The van der Waals surface area contributed by atoms with Crippen LogP contribution in [0.4, 0.5) is 0 Å². The largest absolute Gasteiger partial charge is 0.497 e. The molecule has 1 aliphatic heterocycles. The highest BCUT2D eigenvalue weighted by atomic mass is 32.1. The number of thiazole rings is 1. The van der Waals surface area contributed by atoms with E-state index in [2.05, 4.69) is 4.99 Å². The molecular formula is C25H24N2O5S. The number of ether oxygens (including phenoxy) is 3. The summed E-state index contributed by atoms with van der Waals surface area (Å²) in [6.07, 6.45) is 1.79. The lowest BCUT2D eigenvalue weighted by Gasteiger charge is -2.26. The van der Waals surface area contributed by atoms with Crippen LogP contribution in [0.3, 0.4) is 0 Å². The van der Waals surface area contributed by atoms with Crippen molar-refractivity contribution in [3.05, 3.63) is 84.5 Å². The van der Waals surface area contributed by atoms with Gasteiger partial charge < -0.3 is 14.2 Å². The number of benzene rings is 2. The van der Waals surface area contributed by atoms with Crippen LogP contribution in [0.15, 0.2) is 63.5 Å². The second kappa shape index (κ2) is 9.07. The average molecular weight is 465 g/mol. The van der Waals surface area contributed by atoms with E-state index in [0.29, 0.717) is 43.4 Å². The maximum absolute atomic E-state index is 13.6. The Hall–Kier alpha value is -3.65. The Morgan fingerprint density at radius 1 is 1.06 bits per heavy atom. The summed E-state index contributed by atoms with van der Waals surface area (Å²) in [6, 6.07) is 12.2. The van der Waals surface area contributed by atoms with E-state index >= 15 is 0 Å². The molecule has 1 aromatic heterocycles. The fourth-order valence-corrected chi connectivity index (χ4v) is 5.07. The lowest BCUT2D eigenvalue weighted by molar-refractivity contribution is -0.114. The summed E-state index contributed by atoms with van der Waals surface area (Å²) in [6.45, 7) is 3.28. The molecule has 170 valence electrons. The van der Waals surface area contributed by atoms with Gasteiger partial charge in [0.25, 0.3) is 5.56 Å². The Morgan fingerprint density at radius 3 is 2.45 bits per heavy atom. The van der Waals surface area contributed by atoms with Crippen molar-refractivity contribution in [2.45, 2.75) is 19.9 Å². The number of nitrogens with zero attached hydrogens (tertiary/aromatic N) is 2. The maximum Gasteiger partial charge on any atom is 0.271 e. The van der Waals surface area contributed by atoms with Crippen LogP contribution < -0.4 is 29.1 Å². The van der Waals surface area contributed by atoms with Gasteiger partial charge in [0.15, 0.2) is 10.6 Å². The minimum atomic E-state index is -0.667. The lowest BCUT2D eigenvalue weighted by Crippen LogP contribution is -2.39. The number of ketones is 1. The second-order valence-corrected chi connectivity index (χ2v) is 8.50. The zero-order valence-electron chi connectivity index (χ0n) is 19.0. The first kappa shape index (κ1) is 22.5. The molecule has 2 heterocycles. The molecular weight excluding hydrogens is 440 g/mol. The van der Waals surface area contributed by atoms with Crippen molar-refractivity contribution in [2.75, 3.05) is 21.3 Å². The number of rotatable bonds is 6. The van der Waals surface area contributed by atoms with Gasteiger partial charge in [0.1, 0.15) is 17.2 Å². The van der Waals surface area contributed by atoms with Crippen molar-refractivity contribution in [3.63, 3.8) is 0 Å². The number of allylic oxidation sites excluding steroid dienone is 2. The van der Waals surface area contributed by atoms with Crippen LogP contribution in [0.1, 0.15) is 31.0 Å². The van der Waals surface area contributed by atoms with Gasteiger partial charge in [0.05, 0.1) is 31.9 Å². The summed E-state index contributed by atoms with van der Waals surface area (Å²) in [7, 11) is 4.71. The SMILES string of the molecule is COc1ccc([C@H]2C(C(C)=O)=C(C)N=c3sc(=Cc4ccccc4OC)c(=O)n32)c(OC)c1. The number of carbonyl (C=O) groups excluding carboxylic acids is 1. The minimum Gasteiger partial charge on any atom is -0.497 e. The molecule has 3 aromatic rings. The van der Waals surface area contributed by atoms with Gasteiger partial charge in [-0.05, 0) is 38.1 Å². The smallest absolute Gasteiger partial charge is 0.271 e. The summed E-state index contributed by atoms with van der Waals surface area (Å²) >= 11 is 1.27. The minimum absolute atomic E-state index is 0.155. The molecule has 0 amide bonds. The molecule has 33 heavy (non-hydrogen) atoms. The highest BCUT2D eigenvalue weighted by Crippen LogP contribution is 2.37. The standard InChI is InChI=1S/C25H24N2O5S/c1-14-22(15(2)28)23(18-11-10-17(30-3)13-20(18)32-5)27-24(29)21(33-25(27)26-14)12-16-8-6-7-9-19(16)31-4/h6-13,23H,1-5H3/t23-/m0/s1. The van der Waals surface area contributed by atoms with E-state index < -0.39 is 6.04 Å². The van der Waals surface area contributed by atoms with Gasteiger partial charge >= 0.3 is 0 Å². The second-order valence-electron chi connectivity index (χ2n) is 7.49. The molecule has 0 spiro atoms. The lowest BCUT2D eigenvalue weighted by atomic mass is 9.92. The van der Waals surface area contributed by atoms with Crippen LogP contribution in [-0.4, -0.2) is 31.7 Å². The third-order valence-electron chi connectivity index (χ3n) is 5.56. The topological polar surface area (TPSA) is 79.1 Å². The predicted molar refractivity (Wildman–Crippen MR) is 127 cm³/mol. The molecule has 7 nitrogen and oxygen atoms in total. The van der Waals surface area contributed by atoms with E-state index in [9.17, 15) is 9.59 Å². The van der Waals surface area contributed by atoms with Crippen molar-refractivity contribution in [2.24, 2.45) is 4.99 Å². The molecule has 0 saturated carbocycles. The van der Waals surface area contributed by atoms with Crippen LogP contribution in [0.2, 0.25) is 0 Å². The van der Waals surface area contributed by atoms with Crippen LogP contribution in [-0.2, 0) is 4.79 Å². The van der Waals surface area contributed by atoms with Crippen molar-refractivity contribution < 1.29 is 19.0 Å². The maximum atomic E-state index is 13.6. The quantitative estimate of drug-likeness (QED) is 0.561. The van der Waals surface area contributed by atoms with E-state index in [4.69, 9.17) is 14.2 Å². The van der Waals surface area contributed by atoms with Crippen LogP contribution in [0.25, 0.3) is 6.08 Å². The molecule has 0 aliphatic carbocycles. The van der Waals surface area contributed by atoms with Crippen LogP contribution >= 0.6 is 11.3 Å². The molecule has 1 aliphatic rings. The van der Waals surface area contributed by atoms with Gasteiger partial charge in [0, 0.05) is 28.5 Å². The number of para-hydroxylation sites is 1. The Morgan fingerprint density at radius 2 is 1.79 bits per heavy atom. The highest BCUT2D eigenvalue weighted by molar-refractivity contribution is 7.07. The first-order valence-corrected chi connectivity index (χ1v) is 11.1. The first-order chi connectivity index (χ1) is 15.9. The van der Waals surface area contributed by atoms with E-state index in [1.54, 1.807) is 51.0 Å². The summed E-state index contributed by atoms with van der Waals surface area (Å²) < 4.78 is 18.4. The third kappa shape index (κ3) is 3.98. The number of fused-ring (bicyclic) bond motifs is 1. The van der Waals surface area contributed by atoms with E-state index in [1.165, 1.54) is 18.3 Å². The number of carbonyl (C=O) groups is 1. The Balaban J connectivity index is 2.01. The highest BCUT2D eigenvalue weighted by Gasteiger charge is 2.32. The predicted octanol–water partition coefficient (Wildman–Crippen LogP) is 2.85. The van der Waals surface area contributed by atoms with Gasteiger partial charge in [-0.15, -0.1) is 0 Å². The molecule has 4 rings (SSSR count). The van der Waals surface area contributed by atoms with Crippen molar-refractivity contribution in [1.29, 1.82) is 0 Å². The van der Waals surface area contributed by atoms with E-state index in [1.807, 2.05) is 30.3 Å². The van der Waals surface area contributed by atoms with Gasteiger partial charge in [-0.3, -0.25) is 14.2 Å². The van der Waals surface area contributed by atoms with Gasteiger partial charge in [-0.2, -0.15) is 0 Å². The average Bonchev–Trinajstić information content (AvgIpc) is 3.12. The molecule has 0 radical (unpaired) electrons. The zero-order chi connectivity index (χ0) is 23.7. The summed E-state index contributed by atoms with van der Waals surface area (Å²) in [5.41, 5.74) is 2.26. The fraction of sp³-hybridized carbons (Fsp3) is 0.240. The molecule has 1 atom stereocenters. The summed E-state index contributed by atoms with van der Waals surface area (Å²) in [5.74, 6) is 1.65. The van der Waals surface area contributed by atoms with Crippen molar-refractivity contribution in [1.82, 2.24) is 4.57 Å². The number of methoxy groups -OCH3 is 3. The Labute approximate surface area is 194 Å². The monoisotopic (exact) mass is 464 g/mol. The molecule has 0 saturated heterocycles. The normalized spacial score (nSPS) is 15.7. The number of hydrogen-bond donors (Lipinski definition) is 0. The van der Waals surface area contributed by atoms with Crippen molar-refractivity contribution >= 4 is 23.2 Å². The molecule has 0 bridgehead atoms. The first-order valence-electron chi connectivity index (χ1n) is 10.3. The van der Waals surface area contributed by atoms with Crippen LogP contribution in [0, 0.1) is 0 Å². The number of Topliss-reactive ketones (excluding diaryl/α,β-unsaturated/α-hetero) is 1. The molecule has 0 unspecified atom stereocenters. The van der Waals surface area contributed by atoms with Gasteiger partial charge in [0.2, 0.25) is 0 Å². The molecule has 2 aromatic carbocycles. The van der Waals surface area contributed by atoms with Gasteiger partial charge in [-0.25, -0.2) is 4.99 Å². The number of hydrogen-bond acceptors (Lipinski definition) is 7. The Kier molecular flexibility index (Phi) is 6.20. The van der Waals surface area contributed by atoms with E-state index in [0.717, 1.165) is 5.56 Å². The van der Waals surface area contributed by atoms with E-state index in [-0.39, 0.29) is 11.3 Å². The molecule has 8 heteroatoms. The molecule has 0 fully saturated rings. The summed E-state index contributed by atoms with van der Waals surface area (Å²) in [5, 5.41) is 0. The zero-order valence-corrected chi connectivity index (χ0v) is 19.9. The third-order valence-corrected chi connectivity index (χ3v) is 6.54. The van der Waals surface area contributed by atoms with Crippen molar-refractivity contribution in [3.8, 4) is 17.2 Å². The van der Waals surface area contributed by atoms with Crippen LogP contribution in [0.5, 0.6) is 17.2 Å². The summed E-state index contributed by atoms with van der Waals surface area (Å²) in [4.78, 5) is 31.5. The molecule has 0 N–H and O–H groups in total. The fourth-order valence-electron chi connectivity index (χ4n) is 4.04. The Bertz CT molecular complexity index is 1450.